The van der Waals surface area contributed by atoms with Crippen molar-refractivity contribution in [3.63, 3.8) is 0 Å². The number of H-pyrrole nitrogens is 2. The first kappa shape index (κ1) is 44.7. The van der Waals surface area contributed by atoms with Crippen LogP contribution in [0.1, 0.15) is 85.9 Å². The van der Waals surface area contributed by atoms with Gasteiger partial charge in [-0.15, -0.1) is 23.2 Å². The molecular weight excluding hydrogens is 859 g/mol. The molecule has 17 nitrogen and oxygen atoms in total. The van der Waals surface area contributed by atoms with Crippen LogP contribution in [0.4, 0.5) is 17.1 Å². The number of amides is 1. The summed E-state index contributed by atoms with van der Waals surface area (Å²) in [6.45, 7) is 9.18. The number of nitro groups is 1. The Kier molecular flexibility index (Phi) is 12.7. The molecule has 2 atom stereocenters. The number of phenolic OH excluding ortho intramolecular Hbond substituents is 1. The van der Waals surface area contributed by atoms with Crippen molar-refractivity contribution < 1.29 is 47.8 Å². The Labute approximate surface area is 370 Å². The van der Waals surface area contributed by atoms with Gasteiger partial charge in [0.25, 0.3) is 11.6 Å². The summed E-state index contributed by atoms with van der Waals surface area (Å²) in [4.78, 5) is 71.4. The smallest absolute Gasteiger partial charge is 0.340 e. The first-order valence-electron chi connectivity index (χ1n) is 20.1. The van der Waals surface area contributed by atoms with Crippen molar-refractivity contribution in [3.8, 4) is 11.5 Å². The van der Waals surface area contributed by atoms with Crippen molar-refractivity contribution in [1.29, 1.82) is 0 Å². The van der Waals surface area contributed by atoms with Gasteiger partial charge in [0.05, 0.1) is 53.4 Å². The Bertz CT molecular complexity index is 2830. The number of carbonyl (C=O) groups is 4. The number of esters is 3. The van der Waals surface area contributed by atoms with Crippen molar-refractivity contribution in [2.24, 2.45) is 0 Å². The number of phenols is 1. The highest BCUT2D eigenvalue weighted by Gasteiger charge is 2.39. The molecule has 2 unspecified atom stereocenters. The maximum Gasteiger partial charge on any atom is 0.340 e. The average Bonchev–Trinajstić information content (AvgIpc) is 4.09. The zero-order valence-corrected chi connectivity index (χ0v) is 37.1. The number of aromatic amines is 2. The molecule has 63 heavy (non-hydrogen) atoms. The summed E-state index contributed by atoms with van der Waals surface area (Å²) in [6.07, 6.45) is 0.247. The van der Waals surface area contributed by atoms with Gasteiger partial charge in [-0.1, -0.05) is 0 Å². The molecule has 6 aromatic rings. The molecule has 4 N–H and O–H groups in total. The highest BCUT2D eigenvalue weighted by molar-refractivity contribution is 6.20. The number of halogens is 2. The lowest BCUT2D eigenvalue weighted by atomic mass is 9.95. The Morgan fingerprint density at radius 1 is 0.921 bits per heavy atom. The average molecular weight is 906 g/mol. The second-order valence-corrected chi connectivity index (χ2v) is 16.3. The number of carbonyl (C=O) groups excluding carboxylic acids is 4. The predicted molar refractivity (Wildman–Crippen MR) is 239 cm³/mol. The quantitative estimate of drug-likeness (QED) is 0.0319. The van der Waals surface area contributed by atoms with E-state index >= 15 is 0 Å². The molecule has 0 spiro atoms. The van der Waals surface area contributed by atoms with Gasteiger partial charge in [0.15, 0.2) is 11.5 Å². The number of nitrogens with zero attached hydrogens (tertiary/aromatic N) is 3. The van der Waals surface area contributed by atoms with Crippen molar-refractivity contribution in [2.45, 2.75) is 52.0 Å². The molecule has 19 heteroatoms. The van der Waals surface area contributed by atoms with E-state index in [4.69, 9.17) is 41.8 Å². The molecule has 0 aliphatic carbocycles. The minimum Gasteiger partial charge on any atom is -0.506 e. The largest absolute Gasteiger partial charge is 0.506 e. The Morgan fingerprint density at radius 2 is 1.52 bits per heavy atom. The van der Waals surface area contributed by atoms with Crippen LogP contribution in [0.3, 0.4) is 0 Å². The fraction of sp³-hybridized carbons (Fsp3) is 0.364. The van der Waals surface area contributed by atoms with Crippen molar-refractivity contribution in [1.82, 2.24) is 15.3 Å². The topological polar surface area (TPSA) is 223 Å². The van der Waals surface area contributed by atoms with Gasteiger partial charge in [0, 0.05) is 107 Å². The summed E-state index contributed by atoms with van der Waals surface area (Å²) in [5.41, 5.74) is 6.11. The second kappa shape index (κ2) is 17.8. The van der Waals surface area contributed by atoms with Gasteiger partial charge in [0.2, 0.25) is 0 Å². The van der Waals surface area contributed by atoms with Gasteiger partial charge in [-0.05, 0) is 58.0 Å². The first-order chi connectivity index (χ1) is 30.1. The van der Waals surface area contributed by atoms with E-state index in [2.05, 4.69) is 34.0 Å². The molecule has 0 saturated carbocycles. The fourth-order valence-electron chi connectivity index (χ4n) is 8.61. The summed E-state index contributed by atoms with van der Waals surface area (Å²) in [6, 6.07) is 9.07. The van der Waals surface area contributed by atoms with Crippen molar-refractivity contribution in [3.05, 3.63) is 85.9 Å². The van der Waals surface area contributed by atoms with Crippen LogP contribution in [0.2, 0.25) is 0 Å². The van der Waals surface area contributed by atoms with Gasteiger partial charge >= 0.3 is 17.9 Å². The number of nitrogens with one attached hydrogen (secondary N) is 3. The minimum atomic E-state index is -0.575. The van der Waals surface area contributed by atoms with E-state index in [1.165, 1.54) is 49.5 Å². The third-order valence-electron chi connectivity index (χ3n) is 11.5. The Hall–Kier alpha value is -6.30. The predicted octanol–water partition coefficient (Wildman–Crippen LogP) is 7.93. The second-order valence-electron chi connectivity index (χ2n) is 15.7. The lowest BCUT2D eigenvalue weighted by Crippen LogP contribution is -2.29. The molecule has 0 bridgehead atoms. The Morgan fingerprint density at radius 3 is 2.11 bits per heavy atom. The van der Waals surface area contributed by atoms with Crippen molar-refractivity contribution >= 4 is 96.9 Å². The number of benzene rings is 3. The maximum atomic E-state index is 13.5. The molecule has 0 radical (unpaired) electrons. The third kappa shape index (κ3) is 7.89. The minimum absolute atomic E-state index is 0.0188. The summed E-state index contributed by atoms with van der Waals surface area (Å²) < 4.78 is 21.4. The number of hydrogen-bond donors (Lipinski definition) is 4. The van der Waals surface area contributed by atoms with E-state index in [1.807, 2.05) is 13.0 Å². The number of furan rings is 1. The van der Waals surface area contributed by atoms with Crippen LogP contribution in [0.5, 0.6) is 11.5 Å². The normalized spacial score (nSPS) is 15.5. The lowest BCUT2D eigenvalue weighted by Gasteiger charge is -2.24. The summed E-state index contributed by atoms with van der Waals surface area (Å²) in [7, 11) is 4.41. The zero-order chi connectivity index (χ0) is 45.6. The van der Waals surface area contributed by atoms with Gasteiger partial charge < -0.3 is 48.8 Å². The molecule has 1 amide bonds. The van der Waals surface area contributed by atoms with E-state index in [0.29, 0.717) is 73.8 Å². The molecule has 332 valence electrons. The van der Waals surface area contributed by atoms with E-state index in [9.17, 15) is 34.4 Å². The molecule has 0 saturated heterocycles. The van der Waals surface area contributed by atoms with Crippen molar-refractivity contribution in [2.75, 3.05) is 62.5 Å². The Balaban J connectivity index is 0.000000192. The zero-order valence-electron chi connectivity index (χ0n) is 35.6. The van der Waals surface area contributed by atoms with E-state index in [-0.39, 0.29) is 65.5 Å². The van der Waals surface area contributed by atoms with Gasteiger partial charge in [0.1, 0.15) is 11.3 Å². The number of rotatable bonds is 11. The summed E-state index contributed by atoms with van der Waals surface area (Å²) in [5.74, 6) is -1.26. The molecule has 5 heterocycles. The van der Waals surface area contributed by atoms with Crippen LogP contribution < -0.4 is 19.9 Å². The molecule has 2 aliphatic rings. The van der Waals surface area contributed by atoms with Crippen LogP contribution >= 0.6 is 23.2 Å². The van der Waals surface area contributed by atoms with Crippen LogP contribution in [0.15, 0.2) is 40.8 Å². The monoisotopic (exact) mass is 904 g/mol. The first-order valence-corrected chi connectivity index (χ1v) is 21.1. The van der Waals surface area contributed by atoms with E-state index < -0.39 is 22.8 Å². The summed E-state index contributed by atoms with van der Waals surface area (Å²) >= 11 is 12.6. The number of hydrogen-bond acceptors (Lipinski definition) is 13. The lowest BCUT2D eigenvalue weighted by molar-refractivity contribution is -0.384. The fourth-order valence-corrected chi connectivity index (χ4v) is 9.12. The van der Waals surface area contributed by atoms with E-state index in [0.717, 1.165) is 23.2 Å². The number of methoxy groups -OCH3 is 2. The van der Waals surface area contributed by atoms with E-state index in [1.54, 1.807) is 14.0 Å². The number of ether oxygens (including phenoxy) is 3. The van der Waals surface area contributed by atoms with Gasteiger partial charge in [-0.25, -0.2) is 9.59 Å². The highest BCUT2D eigenvalue weighted by atomic mass is 35.5. The van der Waals surface area contributed by atoms with Crippen LogP contribution in [-0.4, -0.2) is 103 Å². The molecule has 3 aromatic carbocycles. The maximum absolute atomic E-state index is 13.5. The van der Waals surface area contributed by atoms with Gasteiger partial charge in [-0.3, -0.25) is 19.7 Å². The molecule has 8 rings (SSSR count). The molecule has 0 fully saturated rings. The highest BCUT2D eigenvalue weighted by Crippen LogP contribution is 2.49. The number of fused-ring (bicyclic) bond motifs is 7. The molecular formula is C44H46Cl2N6O11. The van der Waals surface area contributed by atoms with Crippen LogP contribution in [0.25, 0.3) is 32.8 Å². The number of aromatic hydroxyl groups is 1. The number of nitro benzene ring substituents is 1. The van der Waals surface area contributed by atoms with Crippen LogP contribution in [0, 0.1) is 24.0 Å². The SMILES string of the molecule is CNCCC(=O)Oc1cc2c(c3c(C(=O)OC)c(C)[nH]c13)C(CCl)CN2C(C)C.COC(=O)c1c(C)[nH]c2c(O)cc3c(c12)C(CCl)CN3C(=O)c1cc2cc([N+](=O)[O-])ccc2o1. The number of aryl methyl sites for hydroxylation is 2. The van der Waals surface area contributed by atoms with Crippen LogP contribution in [-0.2, 0) is 14.3 Å². The number of anilines is 2. The van der Waals surface area contributed by atoms with Gasteiger partial charge in [-0.2, -0.15) is 0 Å². The number of alkyl halides is 2. The summed E-state index contributed by atoms with van der Waals surface area (Å²) in [5, 5.41) is 26.3. The standard InChI is InChI=1S/C23H18ClN3O7.C21H28ClN3O4/c1-10-18(23(30)33-2)20-19-12(8-24)9-26(14(19)7-15(28)21(20)25-10)22(29)17-6-11-5-13(27(31)32)3-4-16(11)34-17;1-11(2)25-10-13(9-22)18-14(25)8-15(29-16(26)6-7-23-4)20-19(18)17(12(3)24-20)21(27)28-5/h3-7,12,25,28H,8-9H2,1-2H3;8,11,13,23-24H,6-7,9-10H2,1-5H3. The number of non-ortho nitro benzene ring substituents is 1. The molecule has 2 aliphatic heterocycles. The number of aromatic nitrogens is 2. The molecule has 3 aromatic heterocycles. The third-order valence-corrected chi connectivity index (χ3v) is 12.2.